The monoisotopic (exact) mass is 575 g/mol. The molecular formula is C25H30ClN7O5S. The Labute approximate surface area is 232 Å². The number of benzene rings is 1. The highest BCUT2D eigenvalue weighted by atomic mass is 35.5. The molecule has 1 aliphatic rings. The van der Waals surface area contributed by atoms with Crippen LogP contribution in [0.1, 0.15) is 56.3 Å². The van der Waals surface area contributed by atoms with Crippen LogP contribution in [0.5, 0.6) is 11.5 Å². The first-order chi connectivity index (χ1) is 18.7. The summed E-state index contributed by atoms with van der Waals surface area (Å²) in [5, 5.41) is 17.2. The van der Waals surface area contributed by atoms with Crippen molar-refractivity contribution in [3.8, 4) is 23.3 Å². The number of hydrogen-bond donors (Lipinski definition) is 1. The summed E-state index contributed by atoms with van der Waals surface area (Å²) in [7, 11) is 0.294. The Kier molecular flexibility index (Phi) is 8.89. The van der Waals surface area contributed by atoms with Crippen LogP contribution >= 0.6 is 11.6 Å². The van der Waals surface area contributed by atoms with Gasteiger partial charge >= 0.3 is 0 Å². The summed E-state index contributed by atoms with van der Waals surface area (Å²) in [6.07, 6.45) is 4.60. The minimum absolute atomic E-state index is 0.0155. The SMILES string of the molecule is COc1cccc(OC)c1-n1c(NS(=O)(=O)[C@@H](C)[C@H](OC)c2ncc(Cl)cn2)nnc1[C@H]1CC[C@H](C#N)CC1. The Balaban J connectivity index is 1.77. The molecule has 2 heterocycles. The van der Waals surface area contributed by atoms with Gasteiger partial charge in [0, 0.05) is 31.3 Å². The van der Waals surface area contributed by atoms with E-state index < -0.39 is 21.4 Å². The maximum atomic E-state index is 13.6. The molecule has 208 valence electrons. The third-order valence-electron chi connectivity index (χ3n) is 6.89. The summed E-state index contributed by atoms with van der Waals surface area (Å²) in [5.41, 5.74) is 0.458. The summed E-state index contributed by atoms with van der Waals surface area (Å²) in [6.45, 7) is 1.49. The predicted molar refractivity (Wildman–Crippen MR) is 144 cm³/mol. The largest absolute Gasteiger partial charge is 0.494 e. The third-order valence-corrected chi connectivity index (χ3v) is 8.77. The van der Waals surface area contributed by atoms with Gasteiger partial charge in [0.15, 0.2) is 5.82 Å². The number of halogens is 1. The van der Waals surface area contributed by atoms with Gasteiger partial charge in [-0.05, 0) is 44.7 Å². The number of nitrogens with zero attached hydrogens (tertiary/aromatic N) is 6. The highest BCUT2D eigenvalue weighted by Crippen LogP contribution is 2.41. The Hall–Kier alpha value is -3.47. The van der Waals surface area contributed by atoms with Gasteiger partial charge in [-0.2, -0.15) is 5.26 Å². The summed E-state index contributed by atoms with van der Waals surface area (Å²) < 4.78 is 48.2. The lowest BCUT2D eigenvalue weighted by Gasteiger charge is -2.26. The first kappa shape index (κ1) is 28.5. The molecule has 1 aromatic carbocycles. The molecule has 14 heteroatoms. The van der Waals surface area contributed by atoms with Gasteiger partial charge in [0.25, 0.3) is 0 Å². The zero-order valence-electron chi connectivity index (χ0n) is 22.0. The minimum Gasteiger partial charge on any atom is -0.494 e. The molecule has 39 heavy (non-hydrogen) atoms. The fourth-order valence-corrected chi connectivity index (χ4v) is 5.97. The maximum absolute atomic E-state index is 13.6. The molecule has 1 aliphatic carbocycles. The van der Waals surface area contributed by atoms with E-state index in [4.69, 9.17) is 25.8 Å². The highest BCUT2D eigenvalue weighted by molar-refractivity contribution is 7.93. The lowest BCUT2D eigenvalue weighted by atomic mass is 9.82. The standard InChI is InChI=1S/C25H30ClN7O5S/c1-15(22(38-4)23-28-13-18(26)14-29-23)39(34,35)32-25-31-30-24(17-10-8-16(12-27)9-11-17)33(25)21-19(36-2)6-5-7-20(21)37-3/h5-7,13-17,22H,8-11H2,1-4H3,(H,31,32)/t15-,16-,17-,22-/m0/s1. The van der Waals surface area contributed by atoms with E-state index in [0.29, 0.717) is 53.7 Å². The number of anilines is 1. The third kappa shape index (κ3) is 5.93. The molecule has 1 saturated carbocycles. The van der Waals surface area contributed by atoms with Gasteiger partial charge in [0.1, 0.15) is 34.4 Å². The lowest BCUT2D eigenvalue weighted by molar-refractivity contribution is 0.0950. The topological polar surface area (TPSA) is 154 Å². The van der Waals surface area contributed by atoms with Crippen molar-refractivity contribution in [2.45, 2.75) is 49.9 Å². The van der Waals surface area contributed by atoms with Crippen LogP contribution in [0.2, 0.25) is 5.02 Å². The van der Waals surface area contributed by atoms with Gasteiger partial charge in [-0.25, -0.2) is 18.4 Å². The number of methoxy groups -OCH3 is 3. The second kappa shape index (κ2) is 12.1. The Bertz CT molecular complexity index is 1410. The fourth-order valence-electron chi connectivity index (χ4n) is 4.74. The molecular weight excluding hydrogens is 546 g/mol. The summed E-state index contributed by atoms with van der Waals surface area (Å²) in [4.78, 5) is 8.26. The van der Waals surface area contributed by atoms with Crippen molar-refractivity contribution >= 4 is 27.6 Å². The molecule has 0 aliphatic heterocycles. The normalized spacial score (nSPS) is 19.1. The predicted octanol–water partition coefficient (Wildman–Crippen LogP) is 4.04. The van der Waals surface area contributed by atoms with Gasteiger partial charge in [-0.3, -0.25) is 9.29 Å². The number of para-hydroxylation sites is 1. The van der Waals surface area contributed by atoms with Crippen LogP contribution in [0.3, 0.4) is 0 Å². The fraction of sp³-hybridized carbons (Fsp3) is 0.480. The van der Waals surface area contributed by atoms with Crippen molar-refractivity contribution in [3.05, 3.63) is 47.3 Å². The number of nitriles is 1. The van der Waals surface area contributed by atoms with Crippen molar-refractivity contribution < 1.29 is 22.6 Å². The van der Waals surface area contributed by atoms with E-state index >= 15 is 0 Å². The van der Waals surface area contributed by atoms with E-state index in [9.17, 15) is 13.7 Å². The molecule has 4 rings (SSSR count). The molecule has 12 nitrogen and oxygen atoms in total. The molecule has 3 aromatic rings. The van der Waals surface area contributed by atoms with Crippen LogP contribution < -0.4 is 14.2 Å². The maximum Gasteiger partial charge on any atom is 0.243 e. The lowest BCUT2D eigenvalue weighted by Crippen LogP contribution is -2.33. The summed E-state index contributed by atoms with van der Waals surface area (Å²) >= 11 is 5.89. The molecule has 0 saturated heterocycles. The van der Waals surface area contributed by atoms with Crippen LogP contribution in [-0.4, -0.2) is 59.7 Å². The molecule has 2 aromatic heterocycles. The molecule has 2 atom stereocenters. The van der Waals surface area contributed by atoms with Crippen molar-refractivity contribution in [1.82, 2.24) is 24.7 Å². The van der Waals surface area contributed by atoms with Gasteiger partial charge in [-0.15, -0.1) is 10.2 Å². The highest BCUT2D eigenvalue weighted by Gasteiger charge is 2.36. The quantitative estimate of drug-likeness (QED) is 0.374. The molecule has 0 amide bonds. The smallest absolute Gasteiger partial charge is 0.243 e. The number of sulfonamides is 1. The van der Waals surface area contributed by atoms with E-state index in [-0.39, 0.29) is 23.6 Å². The second-order valence-electron chi connectivity index (χ2n) is 9.17. The molecule has 0 radical (unpaired) electrons. The first-order valence-corrected chi connectivity index (χ1v) is 14.2. The number of nitrogens with one attached hydrogen (secondary N) is 1. The average Bonchev–Trinajstić information content (AvgIpc) is 3.35. The van der Waals surface area contributed by atoms with Gasteiger partial charge in [0.05, 0.1) is 25.3 Å². The average molecular weight is 576 g/mol. The van der Waals surface area contributed by atoms with Gasteiger partial charge in [0.2, 0.25) is 16.0 Å². The van der Waals surface area contributed by atoms with Crippen molar-refractivity contribution in [2.24, 2.45) is 5.92 Å². The molecule has 0 bridgehead atoms. The molecule has 1 fully saturated rings. The molecule has 0 unspecified atom stereocenters. The van der Waals surface area contributed by atoms with Crippen molar-refractivity contribution in [2.75, 3.05) is 26.1 Å². The van der Waals surface area contributed by atoms with Crippen LogP contribution in [0, 0.1) is 17.2 Å². The van der Waals surface area contributed by atoms with Gasteiger partial charge < -0.3 is 14.2 Å². The van der Waals surface area contributed by atoms with Crippen molar-refractivity contribution in [1.29, 1.82) is 5.26 Å². The Morgan fingerprint density at radius 2 is 1.69 bits per heavy atom. The first-order valence-electron chi connectivity index (χ1n) is 12.3. The van der Waals surface area contributed by atoms with E-state index in [1.54, 1.807) is 22.8 Å². The number of hydrogen-bond acceptors (Lipinski definition) is 10. The van der Waals surface area contributed by atoms with E-state index in [2.05, 4.69) is 31.0 Å². The minimum atomic E-state index is -4.12. The van der Waals surface area contributed by atoms with Crippen LogP contribution in [0.15, 0.2) is 30.6 Å². The van der Waals surface area contributed by atoms with Crippen LogP contribution in [0.25, 0.3) is 5.69 Å². The number of rotatable bonds is 10. The Morgan fingerprint density at radius 1 is 1.08 bits per heavy atom. The molecule has 0 spiro atoms. The van der Waals surface area contributed by atoms with Crippen LogP contribution in [-0.2, 0) is 14.8 Å². The second-order valence-corrected chi connectivity index (χ2v) is 11.6. The number of aromatic nitrogens is 5. The van der Waals surface area contributed by atoms with E-state index in [0.717, 1.165) is 0 Å². The summed E-state index contributed by atoms with van der Waals surface area (Å²) in [5.74, 6) is 1.50. The zero-order valence-corrected chi connectivity index (χ0v) is 23.6. The Morgan fingerprint density at radius 3 is 2.23 bits per heavy atom. The van der Waals surface area contributed by atoms with E-state index in [1.165, 1.54) is 40.6 Å². The molecule has 1 N–H and O–H groups in total. The van der Waals surface area contributed by atoms with Crippen molar-refractivity contribution in [3.63, 3.8) is 0 Å². The number of ether oxygens (including phenoxy) is 3. The van der Waals surface area contributed by atoms with Gasteiger partial charge in [-0.1, -0.05) is 17.7 Å². The summed E-state index contributed by atoms with van der Waals surface area (Å²) in [6, 6.07) is 7.59. The zero-order chi connectivity index (χ0) is 28.2. The van der Waals surface area contributed by atoms with Crippen LogP contribution in [0.4, 0.5) is 5.95 Å². The van der Waals surface area contributed by atoms with E-state index in [1.807, 2.05) is 0 Å².